The van der Waals surface area contributed by atoms with Crippen molar-refractivity contribution in [1.29, 1.82) is 0 Å². The summed E-state index contributed by atoms with van der Waals surface area (Å²) in [7, 11) is 0. The van der Waals surface area contributed by atoms with Crippen LogP contribution in [0.25, 0.3) is 11.3 Å². The number of amides is 2. The van der Waals surface area contributed by atoms with E-state index in [2.05, 4.69) is 22.1 Å². The Morgan fingerprint density at radius 2 is 1.71 bits per heavy atom. The van der Waals surface area contributed by atoms with Crippen molar-refractivity contribution in [2.75, 3.05) is 0 Å². The monoisotopic (exact) mass is 587 g/mol. The van der Waals surface area contributed by atoms with E-state index < -0.39 is 30.0 Å². The first-order valence-corrected chi connectivity index (χ1v) is 15.0. The number of benzene rings is 1. The minimum absolute atomic E-state index is 0.151. The number of carbonyl (C=O) groups excluding carboxylic acids is 2. The van der Waals surface area contributed by atoms with Gasteiger partial charge >= 0.3 is 12.1 Å². The van der Waals surface area contributed by atoms with E-state index in [1.807, 2.05) is 19.1 Å². The molecule has 10 heteroatoms. The van der Waals surface area contributed by atoms with Gasteiger partial charge in [0, 0.05) is 29.5 Å². The molecule has 0 bridgehead atoms. The van der Waals surface area contributed by atoms with Gasteiger partial charge in [-0.05, 0) is 99.1 Å². The zero-order chi connectivity index (χ0) is 30.4. The molecule has 0 unspecified atom stereocenters. The third kappa shape index (κ3) is 6.37. The van der Waals surface area contributed by atoms with Crippen molar-refractivity contribution in [2.24, 2.45) is 11.8 Å². The summed E-state index contributed by atoms with van der Waals surface area (Å²) < 4.78 is 41.9. The lowest BCUT2D eigenvalue weighted by Crippen LogP contribution is -2.46. The first-order valence-electron chi connectivity index (χ1n) is 15.0. The Morgan fingerprint density at radius 3 is 2.31 bits per heavy atom. The van der Waals surface area contributed by atoms with Crippen molar-refractivity contribution >= 4 is 17.8 Å². The number of aliphatic carboxylic acids is 1. The number of halogens is 3. The topological polar surface area (TPSA) is 100 Å². The molecule has 2 amide bonds. The number of nitrogens with zero attached hydrogens (tertiary/aromatic N) is 1. The molecule has 228 valence electrons. The van der Waals surface area contributed by atoms with Crippen molar-refractivity contribution in [3.8, 4) is 11.3 Å². The van der Waals surface area contributed by atoms with Crippen LogP contribution in [-0.2, 0) is 16.8 Å². The van der Waals surface area contributed by atoms with Crippen LogP contribution >= 0.6 is 0 Å². The summed E-state index contributed by atoms with van der Waals surface area (Å²) in [6.07, 6.45) is 3.74. The summed E-state index contributed by atoms with van der Waals surface area (Å²) in [5.41, 5.74) is 3.62. The van der Waals surface area contributed by atoms with E-state index in [9.17, 15) is 32.7 Å². The van der Waals surface area contributed by atoms with Crippen LogP contribution in [0.4, 0.5) is 13.2 Å². The Bertz CT molecular complexity index is 1370. The molecule has 3 N–H and O–H groups in total. The summed E-state index contributed by atoms with van der Waals surface area (Å²) in [4.78, 5) is 37.7. The van der Waals surface area contributed by atoms with Gasteiger partial charge in [-0.3, -0.25) is 14.4 Å². The molecule has 3 aliphatic rings. The molecule has 0 radical (unpaired) electrons. The van der Waals surface area contributed by atoms with Crippen LogP contribution in [0.5, 0.6) is 0 Å². The SMILES string of the molecule is Cc1c(C(=O)N[C@H]2C[C@H](C(=O)O)C2)cc(-c2cc(C(=O)N[C@@H](C)C(F)(F)F)cc(C3(C)CC3)c2)n1CC1CCCCC1. The van der Waals surface area contributed by atoms with Crippen LogP contribution in [0.2, 0.25) is 0 Å². The summed E-state index contributed by atoms with van der Waals surface area (Å²) in [5, 5.41) is 14.3. The van der Waals surface area contributed by atoms with Crippen molar-refractivity contribution in [3.05, 3.63) is 46.6 Å². The lowest BCUT2D eigenvalue weighted by Gasteiger charge is -2.32. The number of hydrogen-bond acceptors (Lipinski definition) is 3. The van der Waals surface area contributed by atoms with Crippen molar-refractivity contribution in [2.45, 2.75) is 109 Å². The third-order valence-corrected chi connectivity index (χ3v) is 9.63. The van der Waals surface area contributed by atoms with Gasteiger partial charge in [-0.2, -0.15) is 13.2 Å². The molecule has 2 aromatic rings. The molecule has 42 heavy (non-hydrogen) atoms. The van der Waals surface area contributed by atoms with E-state index in [1.165, 1.54) is 6.42 Å². The van der Waals surface area contributed by atoms with Gasteiger partial charge in [-0.15, -0.1) is 0 Å². The predicted molar refractivity (Wildman–Crippen MR) is 152 cm³/mol. The number of nitrogens with one attached hydrogen (secondary N) is 2. The largest absolute Gasteiger partial charge is 0.481 e. The highest BCUT2D eigenvalue weighted by Crippen LogP contribution is 2.49. The number of carboxylic acid groups (broad SMARTS) is 1. The van der Waals surface area contributed by atoms with Gasteiger partial charge in [0.05, 0.1) is 11.5 Å². The van der Waals surface area contributed by atoms with Gasteiger partial charge in [-0.1, -0.05) is 26.2 Å². The van der Waals surface area contributed by atoms with E-state index in [0.717, 1.165) is 62.4 Å². The average molecular weight is 588 g/mol. The van der Waals surface area contributed by atoms with Gasteiger partial charge < -0.3 is 20.3 Å². The molecule has 0 spiro atoms. The summed E-state index contributed by atoms with van der Waals surface area (Å²) >= 11 is 0. The maximum absolute atomic E-state index is 13.4. The van der Waals surface area contributed by atoms with Gasteiger partial charge in [0.25, 0.3) is 11.8 Å². The molecule has 0 aliphatic heterocycles. The highest BCUT2D eigenvalue weighted by atomic mass is 19.4. The van der Waals surface area contributed by atoms with Gasteiger partial charge in [0.2, 0.25) is 0 Å². The lowest BCUT2D eigenvalue weighted by atomic mass is 9.80. The van der Waals surface area contributed by atoms with Gasteiger partial charge in [0.1, 0.15) is 6.04 Å². The average Bonchev–Trinajstić information content (AvgIpc) is 3.59. The molecule has 5 rings (SSSR count). The molecule has 1 aromatic heterocycles. The Balaban J connectivity index is 1.52. The predicted octanol–water partition coefficient (Wildman–Crippen LogP) is 6.37. The van der Waals surface area contributed by atoms with Crippen LogP contribution in [0.1, 0.15) is 104 Å². The van der Waals surface area contributed by atoms with Crippen LogP contribution in [-0.4, -0.2) is 45.7 Å². The van der Waals surface area contributed by atoms with Crippen LogP contribution < -0.4 is 10.6 Å². The molecular formula is C32H40F3N3O4. The van der Waals surface area contributed by atoms with Crippen LogP contribution in [0.3, 0.4) is 0 Å². The first kappa shape index (κ1) is 30.2. The van der Waals surface area contributed by atoms with Gasteiger partial charge in [-0.25, -0.2) is 0 Å². The highest BCUT2D eigenvalue weighted by Gasteiger charge is 2.41. The highest BCUT2D eigenvalue weighted by molar-refractivity contribution is 5.98. The smallest absolute Gasteiger partial charge is 0.408 e. The molecule has 0 saturated heterocycles. The summed E-state index contributed by atoms with van der Waals surface area (Å²) in [6.45, 7) is 5.61. The van der Waals surface area contributed by atoms with Crippen molar-refractivity contribution in [1.82, 2.24) is 15.2 Å². The van der Waals surface area contributed by atoms with Crippen LogP contribution in [0.15, 0.2) is 24.3 Å². The van der Waals surface area contributed by atoms with Crippen molar-refractivity contribution < 1.29 is 32.7 Å². The Kier molecular flexibility index (Phi) is 8.20. The summed E-state index contributed by atoms with van der Waals surface area (Å²) in [6, 6.07) is 4.95. The molecular weight excluding hydrogens is 547 g/mol. The fraction of sp³-hybridized carbons (Fsp3) is 0.594. The zero-order valence-electron chi connectivity index (χ0n) is 24.4. The fourth-order valence-corrected chi connectivity index (χ4v) is 6.27. The molecule has 7 nitrogen and oxygen atoms in total. The first-order chi connectivity index (χ1) is 19.7. The van der Waals surface area contributed by atoms with E-state index in [1.54, 1.807) is 12.1 Å². The number of alkyl halides is 3. The maximum atomic E-state index is 13.4. The summed E-state index contributed by atoms with van der Waals surface area (Å²) in [5.74, 6) is -1.93. The minimum Gasteiger partial charge on any atom is -0.481 e. The molecule has 3 fully saturated rings. The number of aromatic nitrogens is 1. The van der Waals surface area contributed by atoms with Gasteiger partial charge in [0.15, 0.2) is 0 Å². The molecule has 1 aromatic carbocycles. The normalized spacial score (nSPS) is 22.6. The molecule has 1 heterocycles. The maximum Gasteiger partial charge on any atom is 0.408 e. The van der Waals surface area contributed by atoms with Crippen LogP contribution in [0, 0.1) is 18.8 Å². The number of hydrogen-bond donors (Lipinski definition) is 3. The second-order valence-corrected chi connectivity index (χ2v) is 12.9. The Morgan fingerprint density at radius 1 is 1.05 bits per heavy atom. The lowest BCUT2D eigenvalue weighted by molar-refractivity contribution is -0.149. The number of rotatable bonds is 9. The second kappa shape index (κ2) is 11.4. The third-order valence-electron chi connectivity index (χ3n) is 9.63. The zero-order valence-corrected chi connectivity index (χ0v) is 24.4. The van der Waals surface area contributed by atoms with Crippen molar-refractivity contribution in [3.63, 3.8) is 0 Å². The number of carboxylic acids is 1. The van der Waals surface area contributed by atoms with E-state index in [4.69, 9.17) is 0 Å². The standard InChI is InChI=1S/C32H40F3N3O4/c1-18-26(29(40)37-25-14-23(15-25)30(41)42)16-27(38(18)17-20-7-5-4-6-8-20)21-11-22(13-24(12-21)31(3)9-10-31)28(39)36-19(2)32(33,34)35/h11-13,16,19-20,23,25H,4-10,14-15,17H2,1-3H3,(H,36,39)(H,37,40)(H,41,42)/t19-,23-,25-/m0/s1. The molecule has 3 aliphatic carbocycles. The quantitative estimate of drug-likeness (QED) is 0.318. The van der Waals surface area contributed by atoms with E-state index >= 15 is 0 Å². The van der Waals surface area contributed by atoms with E-state index in [-0.39, 0.29) is 22.9 Å². The molecule has 3 saturated carbocycles. The Hall–Kier alpha value is -3.30. The Labute approximate surface area is 244 Å². The second-order valence-electron chi connectivity index (χ2n) is 12.9. The molecule has 1 atom stereocenters. The fourth-order valence-electron chi connectivity index (χ4n) is 6.27. The minimum atomic E-state index is -4.56. The number of carbonyl (C=O) groups is 3. The van der Waals surface area contributed by atoms with E-state index in [0.29, 0.717) is 36.4 Å².